The molecule has 7 heteroatoms. The lowest BCUT2D eigenvalue weighted by Gasteiger charge is -2.30. The summed E-state index contributed by atoms with van der Waals surface area (Å²) in [5.41, 5.74) is 0.710. The van der Waals surface area contributed by atoms with Crippen LogP contribution in [0.5, 0.6) is 0 Å². The highest BCUT2D eigenvalue weighted by molar-refractivity contribution is 5.97. The molecule has 4 rings (SSSR count). The number of aromatic nitrogens is 1. The Bertz CT molecular complexity index is 1000. The van der Waals surface area contributed by atoms with E-state index in [1.165, 1.54) is 12.0 Å². The number of likely N-dealkylation sites (tertiary alicyclic amines) is 1. The fourth-order valence-electron chi connectivity index (χ4n) is 5.14. The van der Waals surface area contributed by atoms with Crippen LogP contribution in [0.25, 0.3) is 0 Å². The topological polar surface area (TPSA) is 98.1 Å². The molecule has 1 saturated heterocycles. The molecule has 2 atom stereocenters. The number of rotatable bonds is 8. The molecule has 2 aromatic rings. The van der Waals surface area contributed by atoms with E-state index in [1.54, 1.807) is 24.5 Å². The summed E-state index contributed by atoms with van der Waals surface area (Å²) in [6, 6.07) is 15.1. The summed E-state index contributed by atoms with van der Waals surface area (Å²) in [5, 5.41) is 16.0. The summed E-state index contributed by atoms with van der Waals surface area (Å²) in [4.78, 5) is 32.5. The van der Waals surface area contributed by atoms with Gasteiger partial charge in [0.2, 0.25) is 5.91 Å². The molecule has 2 fully saturated rings. The summed E-state index contributed by atoms with van der Waals surface area (Å²) < 4.78 is 0. The Labute approximate surface area is 201 Å². The molecule has 2 amide bonds. The van der Waals surface area contributed by atoms with Crippen LogP contribution in [0.4, 0.5) is 0 Å². The zero-order chi connectivity index (χ0) is 23.8. The van der Waals surface area contributed by atoms with Crippen molar-refractivity contribution >= 4 is 11.8 Å². The highest BCUT2D eigenvalue weighted by atomic mass is 16.2. The monoisotopic (exact) mass is 459 g/mol. The minimum atomic E-state index is -0.946. The van der Waals surface area contributed by atoms with Gasteiger partial charge < -0.3 is 10.6 Å². The highest BCUT2D eigenvalue weighted by Crippen LogP contribution is 2.28. The minimum Gasteiger partial charge on any atom is -0.340 e. The van der Waals surface area contributed by atoms with Gasteiger partial charge in [-0.15, -0.1) is 0 Å². The Kier molecular flexibility index (Phi) is 7.91. The lowest BCUT2D eigenvalue weighted by atomic mass is 9.84. The van der Waals surface area contributed by atoms with Gasteiger partial charge >= 0.3 is 0 Å². The molecule has 2 heterocycles. The van der Waals surface area contributed by atoms with Crippen LogP contribution in [0, 0.1) is 17.2 Å². The quantitative estimate of drug-likeness (QED) is 0.630. The molecule has 7 nitrogen and oxygen atoms in total. The van der Waals surface area contributed by atoms with Crippen LogP contribution in [0.1, 0.15) is 60.9 Å². The van der Waals surface area contributed by atoms with Gasteiger partial charge in [-0.05, 0) is 36.5 Å². The molecular formula is C27H33N5O2. The normalized spacial score (nSPS) is 22.0. The van der Waals surface area contributed by atoms with E-state index >= 15 is 0 Å². The standard InChI is InChI=1S/C27H33N5O2/c28-19-27(13-16-32(20-27)18-22-9-5-2-6-10-22)31-26(34)24(17-21-7-3-1-4-8-21)30-25(33)23-11-14-29-15-12-23/h2,5-6,9-12,14-15,21,24H,1,3-4,7-8,13,16-18,20H2,(H,30,33)(H,31,34). The van der Waals surface area contributed by atoms with E-state index in [1.807, 2.05) is 18.2 Å². The third-order valence-electron chi connectivity index (χ3n) is 7.03. The van der Waals surface area contributed by atoms with Crippen molar-refractivity contribution in [3.63, 3.8) is 0 Å². The molecule has 0 radical (unpaired) electrons. The molecular weight excluding hydrogens is 426 g/mol. The van der Waals surface area contributed by atoms with Crippen LogP contribution in [-0.2, 0) is 11.3 Å². The molecule has 0 spiro atoms. The number of carbonyl (C=O) groups excluding carboxylic acids is 2. The van der Waals surface area contributed by atoms with Gasteiger partial charge in [-0.25, -0.2) is 0 Å². The number of hydrogen-bond donors (Lipinski definition) is 2. The average Bonchev–Trinajstić information content (AvgIpc) is 3.28. The number of carbonyl (C=O) groups is 2. The predicted octanol–water partition coefficient (Wildman–Crippen LogP) is 3.43. The third-order valence-corrected chi connectivity index (χ3v) is 7.03. The summed E-state index contributed by atoms with van der Waals surface area (Å²) in [6.07, 6.45) is 9.99. The van der Waals surface area contributed by atoms with Crippen molar-refractivity contribution in [1.82, 2.24) is 20.5 Å². The minimum absolute atomic E-state index is 0.268. The zero-order valence-electron chi connectivity index (χ0n) is 19.6. The van der Waals surface area contributed by atoms with Gasteiger partial charge in [-0.2, -0.15) is 5.26 Å². The number of nitrogens with zero attached hydrogens (tertiary/aromatic N) is 3. The predicted molar refractivity (Wildman–Crippen MR) is 130 cm³/mol. The van der Waals surface area contributed by atoms with Crippen LogP contribution in [0.3, 0.4) is 0 Å². The fraction of sp³-hybridized carbons (Fsp3) is 0.481. The second-order valence-electron chi connectivity index (χ2n) is 9.63. The largest absolute Gasteiger partial charge is 0.340 e. The SMILES string of the molecule is N#CC1(NC(=O)C(CC2CCCCC2)NC(=O)c2ccncc2)CCN(Cc2ccccc2)C1. The Hall–Kier alpha value is -3.24. The first-order valence-corrected chi connectivity index (χ1v) is 12.3. The molecule has 1 saturated carbocycles. The van der Waals surface area contributed by atoms with Crippen LogP contribution in [-0.4, -0.2) is 46.4 Å². The van der Waals surface area contributed by atoms with Crippen molar-refractivity contribution in [3.05, 3.63) is 66.0 Å². The number of nitriles is 1. The Morgan fingerprint density at radius 3 is 2.56 bits per heavy atom. The van der Waals surface area contributed by atoms with Gasteiger partial charge in [0.15, 0.2) is 0 Å². The molecule has 2 N–H and O–H groups in total. The van der Waals surface area contributed by atoms with Gasteiger partial charge in [-0.1, -0.05) is 62.4 Å². The van der Waals surface area contributed by atoms with Crippen LogP contribution in [0.2, 0.25) is 0 Å². The number of pyridine rings is 1. The highest BCUT2D eigenvalue weighted by Gasteiger charge is 2.41. The van der Waals surface area contributed by atoms with Crippen molar-refractivity contribution < 1.29 is 9.59 Å². The summed E-state index contributed by atoms with van der Waals surface area (Å²) in [6.45, 7) is 1.95. The first-order valence-electron chi connectivity index (χ1n) is 12.3. The first kappa shape index (κ1) is 23.9. The number of amides is 2. The Morgan fingerprint density at radius 1 is 1.12 bits per heavy atom. The van der Waals surface area contributed by atoms with E-state index in [2.05, 4.69) is 38.7 Å². The molecule has 178 valence electrons. The van der Waals surface area contributed by atoms with Gasteiger partial charge in [0.25, 0.3) is 5.91 Å². The van der Waals surface area contributed by atoms with Gasteiger partial charge in [0.05, 0.1) is 6.07 Å². The van der Waals surface area contributed by atoms with E-state index in [0.29, 0.717) is 30.9 Å². The summed E-state index contributed by atoms with van der Waals surface area (Å²) >= 11 is 0. The molecule has 1 aliphatic carbocycles. The third kappa shape index (κ3) is 6.21. The van der Waals surface area contributed by atoms with Crippen molar-refractivity contribution in [2.24, 2.45) is 5.92 Å². The van der Waals surface area contributed by atoms with Crippen molar-refractivity contribution in [3.8, 4) is 6.07 Å². The van der Waals surface area contributed by atoms with Gasteiger partial charge in [-0.3, -0.25) is 19.5 Å². The number of benzene rings is 1. The molecule has 2 aliphatic rings. The second-order valence-corrected chi connectivity index (χ2v) is 9.63. The van der Waals surface area contributed by atoms with Gasteiger partial charge in [0.1, 0.15) is 11.6 Å². The van der Waals surface area contributed by atoms with E-state index in [9.17, 15) is 14.9 Å². The molecule has 2 unspecified atom stereocenters. The average molecular weight is 460 g/mol. The lowest BCUT2D eigenvalue weighted by molar-refractivity contribution is -0.124. The van der Waals surface area contributed by atoms with E-state index in [4.69, 9.17) is 0 Å². The van der Waals surface area contributed by atoms with Crippen LogP contribution < -0.4 is 10.6 Å². The first-order chi connectivity index (χ1) is 16.6. The molecule has 1 aromatic heterocycles. The van der Waals surface area contributed by atoms with E-state index in [0.717, 1.165) is 38.8 Å². The second kappa shape index (κ2) is 11.3. The lowest BCUT2D eigenvalue weighted by Crippen LogP contribution is -2.56. The maximum atomic E-state index is 13.5. The fourth-order valence-corrected chi connectivity index (χ4v) is 5.14. The van der Waals surface area contributed by atoms with Crippen molar-refractivity contribution in [1.29, 1.82) is 5.26 Å². The number of hydrogen-bond acceptors (Lipinski definition) is 5. The van der Waals surface area contributed by atoms with E-state index in [-0.39, 0.29) is 11.8 Å². The van der Waals surface area contributed by atoms with E-state index < -0.39 is 11.6 Å². The van der Waals surface area contributed by atoms with Crippen molar-refractivity contribution in [2.45, 2.75) is 63.1 Å². The summed E-state index contributed by atoms with van der Waals surface area (Å²) in [7, 11) is 0. The maximum Gasteiger partial charge on any atom is 0.252 e. The van der Waals surface area contributed by atoms with Gasteiger partial charge in [0, 0.05) is 37.6 Å². The molecule has 34 heavy (non-hydrogen) atoms. The summed E-state index contributed by atoms with van der Waals surface area (Å²) in [5.74, 6) is -0.156. The maximum absolute atomic E-state index is 13.5. The smallest absolute Gasteiger partial charge is 0.252 e. The Morgan fingerprint density at radius 2 is 1.85 bits per heavy atom. The Balaban J connectivity index is 1.43. The van der Waals surface area contributed by atoms with Crippen LogP contribution in [0.15, 0.2) is 54.9 Å². The number of nitrogens with one attached hydrogen (secondary N) is 2. The molecule has 1 aromatic carbocycles. The zero-order valence-corrected chi connectivity index (χ0v) is 19.6. The molecule has 1 aliphatic heterocycles. The van der Waals surface area contributed by atoms with Crippen LogP contribution >= 0.6 is 0 Å². The molecule has 0 bridgehead atoms. The van der Waals surface area contributed by atoms with Crippen molar-refractivity contribution in [2.75, 3.05) is 13.1 Å².